The van der Waals surface area contributed by atoms with Crippen LogP contribution >= 0.6 is 0 Å². The van der Waals surface area contributed by atoms with E-state index in [2.05, 4.69) is 94.8 Å². The number of piperazine rings is 1. The van der Waals surface area contributed by atoms with E-state index in [1.807, 2.05) is 6.07 Å². The fourth-order valence-electron chi connectivity index (χ4n) is 4.00. The van der Waals surface area contributed by atoms with Gasteiger partial charge in [0.2, 0.25) is 0 Å². The Balaban J connectivity index is 1.25. The van der Waals surface area contributed by atoms with Crippen molar-refractivity contribution in [2.75, 3.05) is 49.5 Å². The van der Waals surface area contributed by atoms with Crippen LogP contribution in [0.4, 0.5) is 11.4 Å². The molecule has 4 rings (SSSR count). The summed E-state index contributed by atoms with van der Waals surface area (Å²) >= 11 is 0. The zero-order valence-electron chi connectivity index (χ0n) is 18.5. The van der Waals surface area contributed by atoms with Crippen molar-refractivity contribution in [3.05, 3.63) is 90.0 Å². The van der Waals surface area contributed by atoms with Gasteiger partial charge in [0.05, 0.1) is 5.69 Å². The lowest BCUT2D eigenvalue weighted by molar-refractivity contribution is 0.264. The molecule has 0 unspecified atom stereocenters. The van der Waals surface area contributed by atoms with E-state index in [9.17, 15) is 0 Å². The Morgan fingerprint density at radius 1 is 0.774 bits per heavy atom. The first kappa shape index (κ1) is 21.3. The third-order valence-corrected chi connectivity index (χ3v) is 5.93. The van der Waals surface area contributed by atoms with E-state index in [-0.39, 0.29) is 0 Å². The molecular weight excluding hydrogens is 382 g/mol. The summed E-state index contributed by atoms with van der Waals surface area (Å²) in [6, 6.07) is 27.6. The van der Waals surface area contributed by atoms with E-state index in [0.29, 0.717) is 6.61 Å². The zero-order valence-corrected chi connectivity index (χ0v) is 18.5. The number of rotatable bonds is 9. The molecule has 1 heterocycles. The summed E-state index contributed by atoms with van der Waals surface area (Å²) in [7, 11) is 0. The van der Waals surface area contributed by atoms with E-state index in [1.165, 1.54) is 22.5 Å². The Morgan fingerprint density at radius 3 is 2.23 bits per heavy atom. The third kappa shape index (κ3) is 6.02. The second-order valence-corrected chi connectivity index (χ2v) is 8.05. The van der Waals surface area contributed by atoms with Crippen molar-refractivity contribution in [1.29, 1.82) is 0 Å². The molecule has 1 saturated heterocycles. The van der Waals surface area contributed by atoms with Gasteiger partial charge in [-0.3, -0.25) is 4.90 Å². The van der Waals surface area contributed by atoms with Crippen molar-refractivity contribution < 1.29 is 4.74 Å². The lowest BCUT2D eigenvalue weighted by atomic mass is 10.1. The molecule has 1 aliphatic rings. The van der Waals surface area contributed by atoms with Gasteiger partial charge >= 0.3 is 0 Å². The summed E-state index contributed by atoms with van der Waals surface area (Å²) in [5.74, 6) is 0.969. The van der Waals surface area contributed by atoms with Gasteiger partial charge in [-0.1, -0.05) is 61.5 Å². The average molecular weight is 416 g/mol. The van der Waals surface area contributed by atoms with Crippen LogP contribution in [0.3, 0.4) is 0 Å². The van der Waals surface area contributed by atoms with Gasteiger partial charge in [-0.15, -0.1) is 0 Å². The number of nitrogens with zero attached hydrogens (tertiary/aromatic N) is 2. The van der Waals surface area contributed by atoms with Gasteiger partial charge in [-0.2, -0.15) is 0 Å². The van der Waals surface area contributed by atoms with Crippen LogP contribution in [0.25, 0.3) is 0 Å². The molecule has 0 amide bonds. The molecule has 4 nitrogen and oxygen atoms in total. The normalized spacial score (nSPS) is 14.4. The fourth-order valence-corrected chi connectivity index (χ4v) is 4.00. The van der Waals surface area contributed by atoms with Crippen LogP contribution in [0.2, 0.25) is 0 Å². The molecule has 1 N–H and O–H groups in total. The fraction of sp³-hybridized carbons (Fsp3) is 0.333. The minimum absolute atomic E-state index is 0.600. The molecule has 3 aromatic rings. The molecule has 0 aliphatic carbocycles. The van der Waals surface area contributed by atoms with Gasteiger partial charge in [0.1, 0.15) is 12.4 Å². The molecule has 0 radical (unpaired) electrons. The summed E-state index contributed by atoms with van der Waals surface area (Å²) in [6.07, 6.45) is 1.09. The molecule has 0 saturated carbocycles. The number of nitrogens with one attached hydrogen (secondary N) is 1. The maximum Gasteiger partial charge on any atom is 0.143 e. The highest BCUT2D eigenvalue weighted by atomic mass is 16.5. The van der Waals surface area contributed by atoms with Crippen molar-refractivity contribution in [1.82, 2.24) is 4.90 Å². The van der Waals surface area contributed by atoms with Crippen molar-refractivity contribution >= 4 is 11.4 Å². The summed E-state index contributed by atoms with van der Waals surface area (Å²) < 4.78 is 6.17. The summed E-state index contributed by atoms with van der Waals surface area (Å²) in [5, 5.41) is 3.55. The minimum atomic E-state index is 0.600. The third-order valence-electron chi connectivity index (χ3n) is 5.93. The Morgan fingerprint density at radius 2 is 1.48 bits per heavy atom. The number of anilines is 2. The number of para-hydroxylation sites is 2. The van der Waals surface area contributed by atoms with E-state index in [0.717, 1.165) is 51.4 Å². The standard InChI is InChI=1S/C27H33N3O/c1-2-23-12-14-25(15-13-23)28-16-17-29-18-20-30(21-19-29)26-10-6-7-11-27(26)31-22-24-8-4-3-5-9-24/h3-15,28H,2,16-22H2,1H3. The van der Waals surface area contributed by atoms with Crippen molar-refractivity contribution in [3.8, 4) is 5.75 Å². The van der Waals surface area contributed by atoms with Crippen molar-refractivity contribution in [2.24, 2.45) is 0 Å². The van der Waals surface area contributed by atoms with Crippen LogP contribution in [0, 0.1) is 0 Å². The number of aryl methyl sites for hydroxylation is 1. The van der Waals surface area contributed by atoms with Crippen LogP contribution < -0.4 is 15.0 Å². The molecule has 0 spiro atoms. The number of benzene rings is 3. The van der Waals surface area contributed by atoms with Gasteiger partial charge in [0.15, 0.2) is 0 Å². The number of hydrogen-bond acceptors (Lipinski definition) is 4. The largest absolute Gasteiger partial charge is 0.487 e. The molecule has 0 bridgehead atoms. The smallest absolute Gasteiger partial charge is 0.143 e. The molecule has 0 atom stereocenters. The van der Waals surface area contributed by atoms with Crippen LogP contribution in [-0.4, -0.2) is 44.2 Å². The lowest BCUT2D eigenvalue weighted by Crippen LogP contribution is -2.47. The summed E-state index contributed by atoms with van der Waals surface area (Å²) in [4.78, 5) is 4.99. The molecule has 31 heavy (non-hydrogen) atoms. The topological polar surface area (TPSA) is 27.7 Å². The van der Waals surface area contributed by atoms with Gasteiger partial charge < -0.3 is 15.0 Å². The van der Waals surface area contributed by atoms with Crippen LogP contribution in [0.15, 0.2) is 78.9 Å². The number of hydrogen-bond donors (Lipinski definition) is 1. The maximum atomic E-state index is 6.17. The molecule has 162 valence electrons. The Kier molecular flexibility index (Phi) is 7.46. The predicted octanol–water partition coefficient (Wildman–Crippen LogP) is 5.06. The van der Waals surface area contributed by atoms with Gasteiger partial charge in [0.25, 0.3) is 0 Å². The quantitative estimate of drug-likeness (QED) is 0.529. The van der Waals surface area contributed by atoms with Crippen LogP contribution in [-0.2, 0) is 13.0 Å². The molecule has 3 aromatic carbocycles. The molecule has 1 aliphatic heterocycles. The number of ether oxygens (including phenoxy) is 1. The van der Waals surface area contributed by atoms with Crippen molar-refractivity contribution in [2.45, 2.75) is 20.0 Å². The molecular formula is C27H33N3O. The van der Waals surface area contributed by atoms with Gasteiger partial charge in [-0.25, -0.2) is 0 Å². The second kappa shape index (κ2) is 10.9. The second-order valence-electron chi connectivity index (χ2n) is 8.05. The molecule has 4 heteroatoms. The minimum Gasteiger partial charge on any atom is -0.487 e. The molecule has 1 fully saturated rings. The van der Waals surface area contributed by atoms with Gasteiger partial charge in [-0.05, 0) is 41.8 Å². The first-order chi connectivity index (χ1) is 15.3. The average Bonchev–Trinajstić information content (AvgIpc) is 2.84. The maximum absolute atomic E-state index is 6.17. The van der Waals surface area contributed by atoms with E-state index in [1.54, 1.807) is 0 Å². The Hall–Kier alpha value is -2.98. The lowest BCUT2D eigenvalue weighted by Gasteiger charge is -2.36. The summed E-state index contributed by atoms with van der Waals surface area (Å²) in [6.45, 7) is 9.02. The first-order valence-corrected chi connectivity index (χ1v) is 11.4. The SMILES string of the molecule is CCc1ccc(NCCN2CCN(c3ccccc3OCc3ccccc3)CC2)cc1. The monoisotopic (exact) mass is 415 g/mol. The highest BCUT2D eigenvalue weighted by Gasteiger charge is 2.19. The van der Waals surface area contributed by atoms with E-state index >= 15 is 0 Å². The van der Waals surface area contributed by atoms with Gasteiger partial charge in [0, 0.05) is 45.0 Å². The first-order valence-electron chi connectivity index (χ1n) is 11.4. The van der Waals surface area contributed by atoms with Crippen LogP contribution in [0.1, 0.15) is 18.1 Å². The summed E-state index contributed by atoms with van der Waals surface area (Å²) in [5.41, 5.74) is 4.99. The molecule has 0 aromatic heterocycles. The highest BCUT2D eigenvalue weighted by molar-refractivity contribution is 5.58. The Bertz CT molecular complexity index is 919. The highest BCUT2D eigenvalue weighted by Crippen LogP contribution is 2.29. The van der Waals surface area contributed by atoms with E-state index in [4.69, 9.17) is 4.74 Å². The zero-order chi connectivity index (χ0) is 21.3. The Labute approximate surface area is 186 Å². The van der Waals surface area contributed by atoms with Crippen LogP contribution in [0.5, 0.6) is 5.75 Å². The van der Waals surface area contributed by atoms with Crippen molar-refractivity contribution in [3.63, 3.8) is 0 Å². The van der Waals surface area contributed by atoms with E-state index < -0.39 is 0 Å². The predicted molar refractivity (Wildman–Crippen MR) is 130 cm³/mol.